The molecule has 5 aromatic carbocycles. The molecule has 11 nitrogen and oxygen atoms in total. The van der Waals surface area contributed by atoms with Crippen LogP contribution in [0.4, 0.5) is 0 Å². The van der Waals surface area contributed by atoms with Gasteiger partial charge in [-0.15, -0.1) is 0 Å². The zero-order valence-corrected chi connectivity index (χ0v) is 28.2. The van der Waals surface area contributed by atoms with Crippen LogP contribution in [0.5, 0.6) is 28.7 Å². The molecule has 0 aliphatic carbocycles. The van der Waals surface area contributed by atoms with Crippen LogP contribution in [0.25, 0.3) is 0 Å². The standard InChI is InChI=1S/C41H34O11/c1-4-47-33-20-21-35(37(25-33)39(44)45)40(46)51-31-16-11-28(12-17-31)41(2,3)29-13-18-32(19-14-29)52-50-26-27-10-15-34(24-36(27)38(42)43)49-23-22-48-30-8-6-5-7-9-30/h1,5-21,24-25H,22-23,26H2,2-3H3,(H,42,43)(H,44,45). The van der Waals surface area contributed by atoms with Crippen molar-refractivity contribution in [3.8, 4) is 41.3 Å². The Hall–Kier alpha value is -6.77. The largest absolute Gasteiger partial charge is 0.490 e. The number of para-hydroxylation sites is 1. The molecule has 264 valence electrons. The Morgan fingerprint density at radius 3 is 1.81 bits per heavy atom. The summed E-state index contributed by atoms with van der Waals surface area (Å²) in [5.74, 6) is -1.45. The van der Waals surface area contributed by atoms with Crippen LogP contribution in [0.3, 0.4) is 0 Å². The summed E-state index contributed by atoms with van der Waals surface area (Å²) in [6.45, 7) is 4.46. The first-order chi connectivity index (χ1) is 25.0. The summed E-state index contributed by atoms with van der Waals surface area (Å²) in [6.07, 6.45) is 7.06. The van der Waals surface area contributed by atoms with E-state index in [0.717, 1.165) is 17.2 Å². The predicted molar refractivity (Wildman–Crippen MR) is 189 cm³/mol. The highest BCUT2D eigenvalue weighted by molar-refractivity contribution is 6.03. The van der Waals surface area contributed by atoms with Crippen molar-refractivity contribution in [1.29, 1.82) is 0 Å². The molecule has 52 heavy (non-hydrogen) atoms. The lowest BCUT2D eigenvalue weighted by atomic mass is 9.78. The topological polar surface area (TPSA) is 147 Å². The maximum Gasteiger partial charge on any atom is 0.344 e. The Kier molecular flexibility index (Phi) is 11.8. The summed E-state index contributed by atoms with van der Waals surface area (Å²) in [7, 11) is 0. The molecular weight excluding hydrogens is 668 g/mol. The normalized spacial score (nSPS) is 10.8. The van der Waals surface area contributed by atoms with Gasteiger partial charge in [0.2, 0.25) is 0 Å². The molecule has 0 bridgehead atoms. The van der Waals surface area contributed by atoms with E-state index in [2.05, 4.69) is 0 Å². The molecule has 5 rings (SSSR count). The minimum absolute atomic E-state index is 0.0258. The van der Waals surface area contributed by atoms with E-state index in [9.17, 15) is 24.6 Å². The number of carboxylic acid groups (broad SMARTS) is 2. The quantitative estimate of drug-likeness (QED) is 0.0262. The van der Waals surface area contributed by atoms with E-state index < -0.39 is 23.3 Å². The molecular formula is C41H34O11. The van der Waals surface area contributed by atoms with E-state index in [0.29, 0.717) is 29.4 Å². The van der Waals surface area contributed by atoms with E-state index in [1.54, 1.807) is 36.4 Å². The van der Waals surface area contributed by atoms with Gasteiger partial charge in [0.1, 0.15) is 48.9 Å². The third kappa shape index (κ3) is 9.26. The van der Waals surface area contributed by atoms with E-state index in [4.69, 9.17) is 35.1 Å². The van der Waals surface area contributed by atoms with Crippen LogP contribution in [-0.2, 0) is 16.9 Å². The van der Waals surface area contributed by atoms with Crippen molar-refractivity contribution in [2.24, 2.45) is 0 Å². The average molecular weight is 703 g/mol. The number of benzene rings is 5. The number of carboxylic acids is 2. The van der Waals surface area contributed by atoms with Crippen LogP contribution in [0.2, 0.25) is 0 Å². The van der Waals surface area contributed by atoms with E-state index in [1.807, 2.05) is 74.6 Å². The first-order valence-electron chi connectivity index (χ1n) is 15.9. The van der Waals surface area contributed by atoms with Crippen LogP contribution >= 0.6 is 0 Å². The number of carbonyl (C=O) groups is 3. The average Bonchev–Trinajstić information content (AvgIpc) is 3.14. The second-order valence-electron chi connectivity index (χ2n) is 11.8. The van der Waals surface area contributed by atoms with Gasteiger partial charge in [0.05, 0.1) is 16.7 Å². The van der Waals surface area contributed by atoms with Gasteiger partial charge < -0.3 is 34.0 Å². The number of hydrogen-bond donors (Lipinski definition) is 2. The van der Waals surface area contributed by atoms with Crippen molar-refractivity contribution in [2.45, 2.75) is 25.9 Å². The molecule has 0 radical (unpaired) electrons. The van der Waals surface area contributed by atoms with Gasteiger partial charge in [-0.05, 0) is 83.4 Å². The molecule has 5 aromatic rings. The van der Waals surface area contributed by atoms with Crippen molar-refractivity contribution in [3.63, 3.8) is 0 Å². The Labute approximate surface area is 299 Å². The predicted octanol–water partition coefficient (Wildman–Crippen LogP) is 7.57. The molecule has 0 aliphatic heterocycles. The molecule has 0 aromatic heterocycles. The van der Waals surface area contributed by atoms with E-state index in [1.165, 1.54) is 18.2 Å². The van der Waals surface area contributed by atoms with Gasteiger partial charge in [-0.25, -0.2) is 14.4 Å². The molecule has 11 heteroatoms. The highest BCUT2D eigenvalue weighted by Crippen LogP contribution is 2.34. The first-order valence-corrected chi connectivity index (χ1v) is 15.9. The Balaban J connectivity index is 1.14. The van der Waals surface area contributed by atoms with Crippen LogP contribution in [0.1, 0.15) is 61.6 Å². The van der Waals surface area contributed by atoms with E-state index in [-0.39, 0.29) is 41.4 Å². The smallest absolute Gasteiger partial charge is 0.344 e. The number of carbonyl (C=O) groups excluding carboxylic acids is 1. The lowest BCUT2D eigenvalue weighted by molar-refractivity contribution is -0.217. The zero-order valence-electron chi connectivity index (χ0n) is 28.2. The Bertz CT molecular complexity index is 2060. The molecule has 0 heterocycles. The van der Waals surface area contributed by atoms with Crippen LogP contribution in [0, 0.1) is 12.5 Å². The summed E-state index contributed by atoms with van der Waals surface area (Å²) in [5.41, 5.74) is 1.36. The minimum atomic E-state index is -1.33. The second-order valence-corrected chi connectivity index (χ2v) is 11.8. The van der Waals surface area contributed by atoms with Crippen molar-refractivity contribution in [1.82, 2.24) is 0 Å². The summed E-state index contributed by atoms with van der Waals surface area (Å²) in [6, 6.07) is 31.9. The SMILES string of the molecule is C#COc1ccc(C(=O)Oc2ccc(C(C)(C)c3ccc(OOCc4ccc(OCCOc5ccccc5)cc4C(=O)O)cc3)cc2)c(C(=O)O)c1. The molecule has 0 saturated heterocycles. The molecule has 0 saturated carbocycles. The fraction of sp³-hybridized carbons (Fsp3) is 0.146. The number of esters is 1. The maximum atomic E-state index is 12.8. The second kappa shape index (κ2) is 16.8. The fourth-order valence-corrected chi connectivity index (χ4v) is 5.17. The number of rotatable bonds is 16. The molecule has 0 atom stereocenters. The fourth-order valence-electron chi connectivity index (χ4n) is 5.17. The van der Waals surface area contributed by atoms with Crippen LogP contribution in [0.15, 0.2) is 115 Å². The van der Waals surface area contributed by atoms with Gasteiger partial charge in [0.25, 0.3) is 0 Å². The van der Waals surface area contributed by atoms with Gasteiger partial charge in [0.15, 0.2) is 5.75 Å². The summed E-state index contributed by atoms with van der Waals surface area (Å²) in [4.78, 5) is 47.3. The highest BCUT2D eigenvalue weighted by Gasteiger charge is 2.24. The monoisotopic (exact) mass is 702 g/mol. The molecule has 0 aliphatic rings. The minimum Gasteiger partial charge on any atom is -0.490 e. The van der Waals surface area contributed by atoms with Gasteiger partial charge in [-0.2, -0.15) is 4.89 Å². The van der Waals surface area contributed by atoms with Crippen molar-refractivity contribution in [2.75, 3.05) is 13.2 Å². The summed E-state index contributed by atoms with van der Waals surface area (Å²) >= 11 is 0. The van der Waals surface area contributed by atoms with Crippen LogP contribution < -0.4 is 23.8 Å². The van der Waals surface area contributed by atoms with Crippen molar-refractivity contribution in [3.05, 3.63) is 149 Å². The summed E-state index contributed by atoms with van der Waals surface area (Å²) in [5, 5.41) is 19.3. The van der Waals surface area contributed by atoms with Gasteiger partial charge in [0, 0.05) is 5.41 Å². The maximum absolute atomic E-state index is 12.8. The Morgan fingerprint density at radius 1 is 0.635 bits per heavy atom. The third-order valence-corrected chi connectivity index (χ3v) is 8.03. The third-order valence-electron chi connectivity index (χ3n) is 8.03. The molecule has 0 unspecified atom stereocenters. The van der Waals surface area contributed by atoms with Gasteiger partial charge in [-0.1, -0.05) is 68.8 Å². The molecule has 0 spiro atoms. The van der Waals surface area contributed by atoms with Crippen molar-refractivity contribution >= 4 is 17.9 Å². The highest BCUT2D eigenvalue weighted by atomic mass is 17.2. The molecule has 2 N–H and O–H groups in total. The molecule has 0 fully saturated rings. The van der Waals surface area contributed by atoms with Gasteiger partial charge >= 0.3 is 17.9 Å². The van der Waals surface area contributed by atoms with E-state index >= 15 is 0 Å². The van der Waals surface area contributed by atoms with Crippen LogP contribution in [-0.4, -0.2) is 41.3 Å². The Morgan fingerprint density at radius 2 is 1.19 bits per heavy atom. The number of hydrogen-bond acceptors (Lipinski definition) is 9. The van der Waals surface area contributed by atoms with Crippen molar-refractivity contribution < 1.29 is 53.3 Å². The number of aromatic carboxylic acids is 2. The number of ether oxygens (including phenoxy) is 4. The lowest BCUT2D eigenvalue weighted by Crippen LogP contribution is -2.19. The zero-order chi connectivity index (χ0) is 37.1. The molecule has 0 amide bonds. The van der Waals surface area contributed by atoms with Gasteiger partial charge in [-0.3, -0.25) is 0 Å². The lowest BCUT2D eigenvalue weighted by Gasteiger charge is -2.26. The summed E-state index contributed by atoms with van der Waals surface area (Å²) < 4.78 is 21.6. The number of terminal acetylenes is 1. The first kappa shape index (κ1) is 36.5.